The number of rotatable bonds is 9. The number of carbonyl (C=O) groups is 2. The maximum atomic E-state index is 12.4. The predicted molar refractivity (Wildman–Crippen MR) is 107 cm³/mol. The minimum absolute atomic E-state index is 0.199. The number of nitrogens with one attached hydrogen (secondary N) is 2. The Bertz CT molecular complexity index is 1110. The lowest BCUT2D eigenvalue weighted by Crippen LogP contribution is -2.35. The molecule has 2 aromatic rings. The summed E-state index contributed by atoms with van der Waals surface area (Å²) < 4.78 is 54.2. The highest BCUT2D eigenvalue weighted by Crippen LogP contribution is 2.18. The Kier molecular flexibility index (Phi) is 6.98. The van der Waals surface area contributed by atoms with Crippen molar-refractivity contribution in [3.05, 3.63) is 58.7 Å². The van der Waals surface area contributed by atoms with Gasteiger partial charge in [-0.25, -0.2) is 35.9 Å². The molecule has 2 aromatic carbocycles. The van der Waals surface area contributed by atoms with E-state index in [0.29, 0.717) is 11.1 Å². The van der Waals surface area contributed by atoms with Crippen LogP contribution in [0.2, 0.25) is 0 Å². The van der Waals surface area contributed by atoms with E-state index in [-0.39, 0.29) is 34.0 Å². The molecule has 0 spiro atoms. The van der Waals surface area contributed by atoms with Crippen molar-refractivity contribution in [2.24, 2.45) is 0 Å². The van der Waals surface area contributed by atoms with Crippen LogP contribution >= 0.6 is 0 Å². The third kappa shape index (κ3) is 5.42. The number of hydrogen-bond acceptors (Lipinski definition) is 6. The number of hydrogen-bond donors (Lipinski definition) is 4. The molecule has 0 aromatic heterocycles. The van der Waals surface area contributed by atoms with E-state index in [4.69, 9.17) is 10.2 Å². The SMILES string of the molecule is Cc1ccc(C(=O)O)cc1S(=O)(=O)NCCNS(=O)(=O)c1cc(C(=O)O)ccc1C. The average molecular weight is 456 g/mol. The second kappa shape index (κ2) is 8.92. The van der Waals surface area contributed by atoms with Crippen LogP contribution in [0.5, 0.6) is 0 Å². The van der Waals surface area contributed by atoms with Gasteiger partial charge in [0.2, 0.25) is 20.0 Å². The summed E-state index contributed by atoms with van der Waals surface area (Å²) in [6.45, 7) is 2.38. The highest BCUT2D eigenvalue weighted by atomic mass is 32.2. The van der Waals surface area contributed by atoms with Gasteiger partial charge < -0.3 is 10.2 Å². The molecule has 0 aliphatic rings. The quantitative estimate of drug-likeness (QED) is 0.405. The number of benzene rings is 2. The Labute approximate surface area is 173 Å². The van der Waals surface area contributed by atoms with Gasteiger partial charge in [0.1, 0.15) is 0 Å². The van der Waals surface area contributed by atoms with Gasteiger partial charge in [-0.2, -0.15) is 0 Å². The van der Waals surface area contributed by atoms with E-state index < -0.39 is 32.0 Å². The van der Waals surface area contributed by atoms with Crippen molar-refractivity contribution in [2.45, 2.75) is 23.6 Å². The predicted octanol–water partition coefficient (Wildman–Crippen LogP) is 0.957. The van der Waals surface area contributed by atoms with E-state index in [0.717, 1.165) is 12.1 Å². The van der Waals surface area contributed by atoms with E-state index in [2.05, 4.69) is 9.44 Å². The van der Waals surface area contributed by atoms with Crippen LogP contribution in [0.25, 0.3) is 0 Å². The smallest absolute Gasteiger partial charge is 0.335 e. The fraction of sp³-hybridized carbons (Fsp3) is 0.222. The van der Waals surface area contributed by atoms with Crippen LogP contribution in [-0.2, 0) is 20.0 Å². The Morgan fingerprint density at radius 3 is 1.37 bits per heavy atom. The van der Waals surface area contributed by atoms with Crippen molar-refractivity contribution in [3.8, 4) is 0 Å². The Balaban J connectivity index is 2.11. The molecule has 0 unspecified atom stereocenters. The normalized spacial score (nSPS) is 11.9. The molecule has 10 nitrogen and oxygen atoms in total. The van der Waals surface area contributed by atoms with Crippen molar-refractivity contribution in [1.82, 2.24) is 9.44 Å². The van der Waals surface area contributed by atoms with Crippen molar-refractivity contribution in [3.63, 3.8) is 0 Å². The molecular formula is C18H20N2O8S2. The summed E-state index contributed by atoms with van der Waals surface area (Å²) in [6, 6.07) is 7.31. The first kappa shape index (κ1) is 23.5. The maximum absolute atomic E-state index is 12.4. The van der Waals surface area contributed by atoms with E-state index in [9.17, 15) is 26.4 Å². The largest absolute Gasteiger partial charge is 0.478 e. The molecule has 0 atom stereocenters. The monoisotopic (exact) mass is 456 g/mol. The first-order valence-corrected chi connectivity index (χ1v) is 11.5. The molecule has 0 saturated carbocycles. The highest BCUT2D eigenvalue weighted by molar-refractivity contribution is 7.90. The van der Waals surface area contributed by atoms with Gasteiger partial charge >= 0.3 is 11.9 Å². The van der Waals surface area contributed by atoms with Crippen molar-refractivity contribution >= 4 is 32.0 Å². The summed E-state index contributed by atoms with van der Waals surface area (Å²) in [4.78, 5) is 21.7. The van der Waals surface area contributed by atoms with Crippen LogP contribution in [0.15, 0.2) is 46.2 Å². The number of aryl methyl sites for hydroxylation is 2. The molecule has 30 heavy (non-hydrogen) atoms. The minimum atomic E-state index is -4.08. The van der Waals surface area contributed by atoms with Crippen molar-refractivity contribution in [2.75, 3.05) is 13.1 Å². The molecule has 162 valence electrons. The molecular weight excluding hydrogens is 436 g/mol. The molecule has 4 N–H and O–H groups in total. The summed E-state index contributed by atoms with van der Waals surface area (Å²) in [7, 11) is -8.16. The van der Waals surface area contributed by atoms with Crippen molar-refractivity contribution in [1.29, 1.82) is 0 Å². The van der Waals surface area contributed by atoms with E-state index in [1.54, 1.807) is 0 Å². The lowest BCUT2D eigenvalue weighted by Gasteiger charge is -2.12. The Morgan fingerprint density at radius 1 is 0.733 bits per heavy atom. The van der Waals surface area contributed by atoms with Crippen LogP contribution < -0.4 is 9.44 Å². The van der Waals surface area contributed by atoms with E-state index >= 15 is 0 Å². The molecule has 2 rings (SSSR count). The zero-order valence-corrected chi connectivity index (χ0v) is 17.7. The van der Waals surface area contributed by atoms with Crippen LogP contribution in [0.4, 0.5) is 0 Å². The molecule has 0 radical (unpaired) electrons. The summed E-state index contributed by atoms with van der Waals surface area (Å²) in [5, 5.41) is 18.1. The van der Waals surface area contributed by atoms with Gasteiger partial charge in [0.15, 0.2) is 0 Å². The standard InChI is InChI=1S/C18H20N2O8S2/c1-11-3-5-13(17(21)22)9-15(11)29(25,26)19-7-8-20-30(27,28)16-10-14(18(23)24)6-4-12(16)2/h3-6,9-10,19-20H,7-8H2,1-2H3,(H,21,22)(H,23,24). The number of aromatic carboxylic acids is 2. The molecule has 12 heteroatoms. The lowest BCUT2D eigenvalue weighted by molar-refractivity contribution is 0.0685. The fourth-order valence-electron chi connectivity index (χ4n) is 2.57. The lowest BCUT2D eigenvalue weighted by atomic mass is 10.1. The molecule has 0 aliphatic carbocycles. The summed E-state index contributed by atoms with van der Waals surface area (Å²) >= 11 is 0. The fourth-order valence-corrected chi connectivity index (χ4v) is 5.17. The average Bonchev–Trinajstić information content (AvgIpc) is 2.65. The van der Waals surface area contributed by atoms with Gasteiger partial charge in [0.05, 0.1) is 20.9 Å². The Morgan fingerprint density at radius 2 is 1.07 bits per heavy atom. The van der Waals surface area contributed by atoms with Gasteiger partial charge in [-0.15, -0.1) is 0 Å². The third-order valence-electron chi connectivity index (χ3n) is 4.16. The topological polar surface area (TPSA) is 167 Å². The van der Waals surface area contributed by atoms with Crippen LogP contribution in [0, 0.1) is 13.8 Å². The van der Waals surface area contributed by atoms with Crippen LogP contribution in [-0.4, -0.2) is 52.1 Å². The van der Waals surface area contributed by atoms with Crippen LogP contribution in [0.1, 0.15) is 31.8 Å². The molecule has 0 amide bonds. The third-order valence-corrected chi connectivity index (χ3v) is 7.36. The second-order valence-electron chi connectivity index (χ2n) is 6.37. The zero-order chi connectivity index (χ0) is 22.7. The molecule has 0 fully saturated rings. The van der Waals surface area contributed by atoms with E-state index in [1.165, 1.54) is 38.1 Å². The van der Waals surface area contributed by atoms with E-state index in [1.807, 2.05) is 0 Å². The summed E-state index contributed by atoms with van der Waals surface area (Å²) in [5.74, 6) is -2.56. The van der Waals surface area contributed by atoms with Crippen LogP contribution in [0.3, 0.4) is 0 Å². The number of carboxylic acids is 2. The van der Waals surface area contributed by atoms with Crippen molar-refractivity contribution < 1.29 is 36.6 Å². The van der Waals surface area contributed by atoms with Gasteiger partial charge in [0, 0.05) is 13.1 Å². The maximum Gasteiger partial charge on any atom is 0.335 e. The second-order valence-corrected chi connectivity index (χ2v) is 9.84. The first-order valence-electron chi connectivity index (χ1n) is 8.52. The summed E-state index contributed by atoms with van der Waals surface area (Å²) in [5.41, 5.74) is 0.259. The minimum Gasteiger partial charge on any atom is -0.478 e. The van der Waals surface area contributed by atoms with Gasteiger partial charge in [-0.1, -0.05) is 12.1 Å². The zero-order valence-electron chi connectivity index (χ0n) is 16.0. The first-order chi connectivity index (χ1) is 13.8. The van der Waals surface area contributed by atoms with Gasteiger partial charge in [0.25, 0.3) is 0 Å². The highest BCUT2D eigenvalue weighted by Gasteiger charge is 2.21. The molecule has 0 bridgehead atoms. The van der Waals surface area contributed by atoms with Gasteiger partial charge in [-0.05, 0) is 49.2 Å². The molecule has 0 heterocycles. The van der Waals surface area contributed by atoms with Gasteiger partial charge in [-0.3, -0.25) is 0 Å². The Hall–Kier alpha value is -2.80. The summed E-state index contributed by atoms with van der Waals surface area (Å²) in [6.07, 6.45) is 0. The number of carboxylic acid groups (broad SMARTS) is 2. The number of sulfonamides is 2. The molecule has 0 saturated heterocycles. The molecule has 0 aliphatic heterocycles.